The van der Waals surface area contributed by atoms with Gasteiger partial charge in [-0.15, -0.1) is 22.7 Å². The van der Waals surface area contributed by atoms with E-state index in [-0.39, 0.29) is 11.9 Å². The Morgan fingerprint density at radius 2 is 2.35 bits per heavy atom. The van der Waals surface area contributed by atoms with Gasteiger partial charge in [0.05, 0.1) is 4.88 Å². The average Bonchev–Trinajstić information content (AvgIpc) is 3.13. The Bertz CT molecular complexity index is 727. The molecule has 0 radical (unpaired) electrons. The third-order valence-corrected chi connectivity index (χ3v) is 4.94. The molecule has 3 rings (SSSR count). The topological polar surface area (TPSA) is 46.4 Å². The van der Waals surface area contributed by atoms with E-state index in [2.05, 4.69) is 17.2 Å². The summed E-state index contributed by atoms with van der Waals surface area (Å²) in [7, 11) is 0. The highest BCUT2D eigenvalue weighted by atomic mass is 32.1. The summed E-state index contributed by atoms with van der Waals surface area (Å²) in [5, 5.41) is 6.88. The molecule has 0 bridgehead atoms. The number of carbonyl (C=O) groups excluding carboxylic acids is 1. The number of nitrogens with one attached hydrogen (secondary N) is 1. The van der Waals surface area contributed by atoms with Crippen LogP contribution in [0.1, 0.15) is 30.8 Å². The Morgan fingerprint density at radius 1 is 1.50 bits per heavy atom. The molecule has 3 aromatic heterocycles. The molecule has 20 heavy (non-hydrogen) atoms. The van der Waals surface area contributed by atoms with Gasteiger partial charge in [0.15, 0.2) is 4.96 Å². The molecule has 0 spiro atoms. The molecule has 0 aromatic carbocycles. The fourth-order valence-electron chi connectivity index (χ4n) is 1.89. The van der Waals surface area contributed by atoms with Crippen LogP contribution in [0.3, 0.4) is 0 Å². The zero-order chi connectivity index (χ0) is 14.1. The van der Waals surface area contributed by atoms with E-state index in [1.54, 1.807) is 11.3 Å². The molecule has 1 atom stereocenters. The van der Waals surface area contributed by atoms with E-state index in [9.17, 15) is 4.79 Å². The summed E-state index contributed by atoms with van der Waals surface area (Å²) in [6.45, 7) is 4.06. The largest absolute Gasteiger partial charge is 0.348 e. The maximum Gasteiger partial charge on any atom is 0.269 e. The number of thiazole rings is 1. The zero-order valence-electron chi connectivity index (χ0n) is 11.3. The standard InChI is InChI=1S/C14H15N3OS2/c1-3-9(2)15-13(18)11-8-20-14-16-10(7-17(11)14)12-5-4-6-19-12/h4-9H,3H2,1-2H3,(H,15,18). The van der Waals surface area contributed by atoms with Crippen molar-refractivity contribution in [3.05, 3.63) is 34.8 Å². The average molecular weight is 305 g/mol. The van der Waals surface area contributed by atoms with E-state index in [1.165, 1.54) is 11.3 Å². The van der Waals surface area contributed by atoms with Crippen molar-refractivity contribution in [1.82, 2.24) is 14.7 Å². The van der Waals surface area contributed by atoms with Gasteiger partial charge in [-0.05, 0) is 24.8 Å². The number of thiophene rings is 1. The first-order chi connectivity index (χ1) is 9.69. The lowest BCUT2D eigenvalue weighted by Crippen LogP contribution is -2.32. The lowest BCUT2D eigenvalue weighted by Gasteiger charge is -2.10. The van der Waals surface area contributed by atoms with Crippen LogP contribution in [0, 0.1) is 0 Å². The third-order valence-electron chi connectivity index (χ3n) is 3.21. The van der Waals surface area contributed by atoms with Gasteiger partial charge in [0.2, 0.25) is 0 Å². The normalized spacial score (nSPS) is 12.7. The summed E-state index contributed by atoms with van der Waals surface area (Å²) in [6, 6.07) is 4.22. The van der Waals surface area contributed by atoms with Crippen molar-refractivity contribution < 1.29 is 4.79 Å². The van der Waals surface area contributed by atoms with Crippen molar-refractivity contribution in [3.63, 3.8) is 0 Å². The molecule has 0 aliphatic heterocycles. The zero-order valence-corrected chi connectivity index (χ0v) is 12.9. The van der Waals surface area contributed by atoms with Gasteiger partial charge in [-0.1, -0.05) is 13.0 Å². The predicted molar refractivity (Wildman–Crippen MR) is 83.6 cm³/mol. The Morgan fingerprint density at radius 3 is 3.05 bits per heavy atom. The van der Waals surface area contributed by atoms with Crippen LogP contribution < -0.4 is 5.32 Å². The first-order valence-corrected chi connectivity index (χ1v) is 8.26. The predicted octanol–water partition coefficient (Wildman–Crippen LogP) is 3.65. The van der Waals surface area contributed by atoms with Crippen molar-refractivity contribution >= 4 is 33.5 Å². The van der Waals surface area contributed by atoms with Gasteiger partial charge in [-0.3, -0.25) is 9.20 Å². The van der Waals surface area contributed by atoms with Gasteiger partial charge in [-0.25, -0.2) is 4.98 Å². The van der Waals surface area contributed by atoms with Crippen molar-refractivity contribution in [1.29, 1.82) is 0 Å². The van der Waals surface area contributed by atoms with Gasteiger partial charge >= 0.3 is 0 Å². The number of hydrogen-bond acceptors (Lipinski definition) is 4. The number of hydrogen-bond donors (Lipinski definition) is 1. The SMILES string of the molecule is CCC(C)NC(=O)c1csc2nc(-c3cccs3)cn12. The lowest BCUT2D eigenvalue weighted by molar-refractivity contribution is 0.0933. The summed E-state index contributed by atoms with van der Waals surface area (Å²) in [6.07, 6.45) is 2.85. The maximum absolute atomic E-state index is 12.2. The quantitative estimate of drug-likeness (QED) is 0.799. The second-order valence-electron chi connectivity index (χ2n) is 4.66. The van der Waals surface area contributed by atoms with Gasteiger partial charge in [0, 0.05) is 17.6 Å². The number of carbonyl (C=O) groups is 1. The highest BCUT2D eigenvalue weighted by Crippen LogP contribution is 2.26. The van der Waals surface area contributed by atoms with Gasteiger partial charge in [0.1, 0.15) is 11.4 Å². The van der Waals surface area contributed by atoms with Crippen LogP contribution in [-0.2, 0) is 0 Å². The first kappa shape index (κ1) is 13.3. The molecule has 0 aliphatic rings. The molecule has 1 unspecified atom stereocenters. The first-order valence-electron chi connectivity index (χ1n) is 6.50. The van der Waals surface area contributed by atoms with Gasteiger partial charge < -0.3 is 5.32 Å². The van der Waals surface area contributed by atoms with Crippen LogP contribution in [0.5, 0.6) is 0 Å². The molecule has 6 heteroatoms. The van der Waals surface area contributed by atoms with Crippen LogP contribution in [0.25, 0.3) is 15.5 Å². The number of aromatic nitrogens is 2. The summed E-state index contributed by atoms with van der Waals surface area (Å²) in [4.78, 5) is 18.8. The van der Waals surface area contributed by atoms with Gasteiger partial charge in [0.25, 0.3) is 5.91 Å². The summed E-state index contributed by atoms with van der Waals surface area (Å²) < 4.78 is 1.87. The summed E-state index contributed by atoms with van der Waals surface area (Å²) in [5.74, 6) is -0.0410. The van der Waals surface area contributed by atoms with E-state index in [0.29, 0.717) is 5.69 Å². The molecule has 0 saturated carbocycles. The third kappa shape index (κ3) is 2.36. The lowest BCUT2D eigenvalue weighted by atomic mass is 10.2. The Kier molecular flexibility index (Phi) is 3.58. The second-order valence-corrected chi connectivity index (χ2v) is 6.44. The molecule has 0 fully saturated rings. The summed E-state index contributed by atoms with van der Waals surface area (Å²) in [5.41, 5.74) is 1.57. The minimum absolute atomic E-state index is 0.0410. The molecular weight excluding hydrogens is 290 g/mol. The van der Waals surface area contributed by atoms with Crippen LogP contribution in [-0.4, -0.2) is 21.3 Å². The number of rotatable bonds is 4. The molecule has 104 valence electrons. The molecular formula is C14H15N3OS2. The molecule has 3 aromatic rings. The van der Waals surface area contributed by atoms with Crippen LogP contribution >= 0.6 is 22.7 Å². The van der Waals surface area contributed by atoms with Crippen LogP contribution in [0.2, 0.25) is 0 Å². The number of imidazole rings is 1. The fraction of sp³-hybridized carbons (Fsp3) is 0.286. The van der Waals surface area contributed by atoms with Crippen molar-refractivity contribution in [2.24, 2.45) is 0 Å². The molecule has 0 aliphatic carbocycles. The Hall–Kier alpha value is -1.66. The second kappa shape index (κ2) is 5.38. The van der Waals surface area contributed by atoms with Crippen molar-refractivity contribution in [3.8, 4) is 10.6 Å². The smallest absolute Gasteiger partial charge is 0.269 e. The molecule has 0 saturated heterocycles. The van der Waals surface area contributed by atoms with E-state index in [1.807, 2.05) is 40.4 Å². The fourth-order valence-corrected chi connectivity index (χ4v) is 3.42. The minimum Gasteiger partial charge on any atom is -0.348 e. The molecule has 4 nitrogen and oxygen atoms in total. The van der Waals surface area contributed by atoms with Crippen molar-refractivity contribution in [2.75, 3.05) is 0 Å². The highest BCUT2D eigenvalue weighted by Gasteiger charge is 2.16. The monoisotopic (exact) mass is 305 g/mol. The maximum atomic E-state index is 12.2. The Balaban J connectivity index is 1.95. The van der Waals surface area contributed by atoms with Crippen molar-refractivity contribution in [2.45, 2.75) is 26.3 Å². The molecule has 1 N–H and O–H groups in total. The molecule has 1 amide bonds. The van der Waals surface area contributed by atoms with E-state index >= 15 is 0 Å². The highest BCUT2D eigenvalue weighted by molar-refractivity contribution is 7.15. The number of amides is 1. The van der Waals surface area contributed by atoms with E-state index < -0.39 is 0 Å². The molecule has 3 heterocycles. The number of fused-ring (bicyclic) bond motifs is 1. The van der Waals surface area contributed by atoms with E-state index in [4.69, 9.17) is 0 Å². The summed E-state index contributed by atoms with van der Waals surface area (Å²) >= 11 is 3.14. The van der Waals surface area contributed by atoms with Crippen LogP contribution in [0.15, 0.2) is 29.1 Å². The Labute approximate surface area is 125 Å². The van der Waals surface area contributed by atoms with Crippen LogP contribution in [0.4, 0.5) is 0 Å². The van der Waals surface area contributed by atoms with E-state index in [0.717, 1.165) is 22.0 Å². The number of nitrogens with zero attached hydrogens (tertiary/aromatic N) is 2. The van der Waals surface area contributed by atoms with Gasteiger partial charge in [-0.2, -0.15) is 0 Å². The minimum atomic E-state index is -0.0410.